The van der Waals surface area contributed by atoms with Crippen LogP contribution in [0, 0.1) is 0 Å². The maximum Gasteiger partial charge on any atom is 0.155 e. The summed E-state index contributed by atoms with van der Waals surface area (Å²) in [6, 6.07) is 24.3. The van der Waals surface area contributed by atoms with Gasteiger partial charge < -0.3 is 4.98 Å². The molecule has 0 saturated heterocycles. The van der Waals surface area contributed by atoms with Gasteiger partial charge in [0.1, 0.15) is 5.82 Å². The third kappa shape index (κ3) is 2.90. The molecule has 1 N–H and O–H groups in total. The highest BCUT2D eigenvalue weighted by molar-refractivity contribution is 6.22. The van der Waals surface area contributed by atoms with E-state index in [9.17, 15) is 0 Å². The number of aromatic amines is 1. The second-order valence-corrected chi connectivity index (χ2v) is 5.29. The number of nitrogens with zero attached hydrogens (tertiary/aromatic N) is 2. The molecule has 1 aliphatic rings. The van der Waals surface area contributed by atoms with Gasteiger partial charge in [-0.3, -0.25) is 0 Å². The first-order chi connectivity index (χ1) is 11.4. The van der Waals surface area contributed by atoms with Gasteiger partial charge in [-0.1, -0.05) is 60.7 Å². The smallest absolute Gasteiger partial charge is 0.155 e. The van der Waals surface area contributed by atoms with E-state index >= 15 is 0 Å². The molecule has 2 heterocycles. The molecule has 0 atom stereocenters. The number of benzene rings is 2. The highest BCUT2D eigenvalue weighted by Crippen LogP contribution is 2.22. The van der Waals surface area contributed by atoms with E-state index in [0.717, 1.165) is 28.4 Å². The van der Waals surface area contributed by atoms with Gasteiger partial charge in [0.2, 0.25) is 0 Å². The number of aliphatic imine (C=N–C) groups is 2. The zero-order valence-corrected chi connectivity index (χ0v) is 12.5. The summed E-state index contributed by atoms with van der Waals surface area (Å²) in [5, 5.41) is 0. The van der Waals surface area contributed by atoms with Crippen molar-refractivity contribution in [3.63, 3.8) is 0 Å². The van der Waals surface area contributed by atoms with Crippen molar-refractivity contribution in [3.05, 3.63) is 90.5 Å². The molecule has 0 unspecified atom stereocenters. The van der Waals surface area contributed by atoms with Crippen LogP contribution >= 0.6 is 0 Å². The lowest BCUT2D eigenvalue weighted by atomic mass is 10.1. The molecule has 0 saturated carbocycles. The topological polar surface area (TPSA) is 40.5 Å². The lowest BCUT2D eigenvalue weighted by molar-refractivity contribution is 1.33. The quantitative estimate of drug-likeness (QED) is 0.723. The number of hydrogen-bond acceptors (Lipinski definition) is 1. The van der Waals surface area contributed by atoms with Crippen LogP contribution in [0.25, 0.3) is 11.3 Å². The second-order valence-electron chi connectivity index (χ2n) is 5.29. The molecule has 3 heteroatoms. The van der Waals surface area contributed by atoms with Gasteiger partial charge in [-0.05, 0) is 29.8 Å². The van der Waals surface area contributed by atoms with Crippen LogP contribution in [0.15, 0.2) is 94.9 Å². The number of H-pyrrole nitrogens is 1. The summed E-state index contributed by atoms with van der Waals surface area (Å²) in [4.78, 5) is 12.5. The molecule has 1 aromatic heterocycles. The zero-order valence-electron chi connectivity index (χ0n) is 12.5. The van der Waals surface area contributed by atoms with Gasteiger partial charge in [0.25, 0.3) is 0 Å². The SMILES string of the molecule is C1=C/C(=N\c2ccc(-c3ccccc3)[nH]2)N=C1c1ccccc1. The fourth-order valence-electron chi connectivity index (χ4n) is 2.54. The normalized spacial score (nSPS) is 15.1. The summed E-state index contributed by atoms with van der Waals surface area (Å²) < 4.78 is 0. The van der Waals surface area contributed by atoms with Crippen molar-refractivity contribution in [2.45, 2.75) is 0 Å². The molecule has 3 aromatic rings. The standard InChI is InChI=1S/C20H15N3/c1-3-7-15(8-4-1)17-11-13-19(21-17)23-20-14-12-18(22-20)16-9-5-2-6-10-16/h1-14,21H/b23-20+. The van der Waals surface area contributed by atoms with Gasteiger partial charge >= 0.3 is 0 Å². The maximum absolute atomic E-state index is 4.57. The Morgan fingerprint density at radius 3 is 2.13 bits per heavy atom. The molecular weight excluding hydrogens is 282 g/mol. The van der Waals surface area contributed by atoms with E-state index in [2.05, 4.69) is 27.1 Å². The molecule has 0 bridgehead atoms. The average Bonchev–Trinajstić information content (AvgIpc) is 3.27. The molecule has 4 rings (SSSR count). The van der Waals surface area contributed by atoms with Crippen molar-refractivity contribution in [1.29, 1.82) is 0 Å². The number of allylic oxidation sites excluding steroid dienone is 1. The predicted octanol–water partition coefficient (Wildman–Crippen LogP) is 4.77. The largest absolute Gasteiger partial charge is 0.340 e. The van der Waals surface area contributed by atoms with Crippen molar-refractivity contribution < 1.29 is 0 Å². The van der Waals surface area contributed by atoms with Crippen molar-refractivity contribution in [1.82, 2.24) is 4.98 Å². The Morgan fingerprint density at radius 2 is 1.39 bits per heavy atom. The molecule has 23 heavy (non-hydrogen) atoms. The van der Waals surface area contributed by atoms with E-state index in [1.54, 1.807) is 0 Å². The molecule has 2 aromatic carbocycles. The minimum Gasteiger partial charge on any atom is -0.340 e. The van der Waals surface area contributed by atoms with Gasteiger partial charge in [0.05, 0.1) is 5.71 Å². The van der Waals surface area contributed by atoms with Gasteiger partial charge in [-0.25, -0.2) is 9.98 Å². The first kappa shape index (κ1) is 13.5. The van der Waals surface area contributed by atoms with Crippen LogP contribution in [0.1, 0.15) is 5.56 Å². The van der Waals surface area contributed by atoms with Gasteiger partial charge in [-0.2, -0.15) is 0 Å². The van der Waals surface area contributed by atoms with Crippen LogP contribution in [-0.2, 0) is 0 Å². The van der Waals surface area contributed by atoms with Crippen molar-refractivity contribution in [2.24, 2.45) is 9.98 Å². The maximum atomic E-state index is 4.57. The van der Waals surface area contributed by atoms with E-state index in [-0.39, 0.29) is 0 Å². The minimum absolute atomic E-state index is 0.713. The molecule has 110 valence electrons. The van der Waals surface area contributed by atoms with Crippen LogP contribution < -0.4 is 0 Å². The molecule has 0 aliphatic carbocycles. The number of nitrogens with one attached hydrogen (secondary N) is 1. The second kappa shape index (κ2) is 5.89. The number of hydrogen-bond donors (Lipinski definition) is 1. The first-order valence-electron chi connectivity index (χ1n) is 7.54. The van der Waals surface area contributed by atoms with Crippen molar-refractivity contribution in [3.8, 4) is 11.3 Å². The fourth-order valence-corrected chi connectivity index (χ4v) is 2.54. The summed E-state index contributed by atoms with van der Waals surface area (Å²) >= 11 is 0. The Labute approximate surface area is 134 Å². The molecule has 0 spiro atoms. The van der Waals surface area contributed by atoms with Crippen LogP contribution in [0.4, 0.5) is 5.82 Å². The minimum atomic E-state index is 0.713. The Balaban J connectivity index is 1.59. The van der Waals surface area contributed by atoms with Crippen LogP contribution in [0.2, 0.25) is 0 Å². The van der Waals surface area contributed by atoms with Crippen molar-refractivity contribution >= 4 is 17.4 Å². The van der Waals surface area contributed by atoms with Crippen LogP contribution in [-0.4, -0.2) is 16.5 Å². The summed E-state index contributed by atoms with van der Waals surface area (Å²) in [6.07, 6.45) is 3.93. The highest BCUT2D eigenvalue weighted by Gasteiger charge is 2.08. The molecule has 0 radical (unpaired) electrons. The summed E-state index contributed by atoms with van der Waals surface area (Å²) in [6.45, 7) is 0. The Kier molecular flexibility index (Phi) is 3.45. The average molecular weight is 297 g/mol. The molecule has 3 nitrogen and oxygen atoms in total. The monoisotopic (exact) mass is 297 g/mol. The van der Waals surface area contributed by atoms with Crippen LogP contribution in [0.3, 0.4) is 0 Å². The third-order valence-corrected chi connectivity index (χ3v) is 3.69. The van der Waals surface area contributed by atoms with E-state index < -0.39 is 0 Å². The molecule has 1 aliphatic heterocycles. The Morgan fingerprint density at radius 1 is 0.696 bits per heavy atom. The summed E-state index contributed by atoms with van der Waals surface area (Å²) in [5.74, 6) is 1.52. The van der Waals surface area contributed by atoms with Gasteiger partial charge in [-0.15, -0.1) is 0 Å². The van der Waals surface area contributed by atoms with E-state index in [1.165, 1.54) is 0 Å². The molecule has 0 fully saturated rings. The zero-order chi connectivity index (χ0) is 15.5. The van der Waals surface area contributed by atoms with E-state index in [4.69, 9.17) is 0 Å². The lowest BCUT2D eigenvalue weighted by Gasteiger charge is -1.97. The number of aromatic nitrogens is 1. The Hall–Kier alpha value is -3.20. The number of rotatable bonds is 3. The predicted molar refractivity (Wildman–Crippen MR) is 95.4 cm³/mol. The van der Waals surface area contributed by atoms with Gasteiger partial charge in [0.15, 0.2) is 5.84 Å². The molecule has 0 amide bonds. The fraction of sp³-hybridized carbons (Fsp3) is 0. The lowest BCUT2D eigenvalue weighted by Crippen LogP contribution is -1.93. The molecular formula is C20H15N3. The summed E-state index contributed by atoms with van der Waals surface area (Å²) in [7, 11) is 0. The van der Waals surface area contributed by atoms with Crippen molar-refractivity contribution in [2.75, 3.05) is 0 Å². The van der Waals surface area contributed by atoms with Gasteiger partial charge in [0, 0.05) is 11.3 Å². The highest BCUT2D eigenvalue weighted by atomic mass is 15.0. The third-order valence-electron chi connectivity index (χ3n) is 3.69. The van der Waals surface area contributed by atoms with E-state index in [0.29, 0.717) is 5.84 Å². The first-order valence-corrected chi connectivity index (χ1v) is 7.54. The van der Waals surface area contributed by atoms with E-state index in [1.807, 2.05) is 72.8 Å². The summed E-state index contributed by atoms with van der Waals surface area (Å²) in [5.41, 5.74) is 4.25. The van der Waals surface area contributed by atoms with Crippen LogP contribution in [0.5, 0.6) is 0 Å². The number of amidine groups is 1. The Bertz CT molecular complexity index is 900.